The summed E-state index contributed by atoms with van der Waals surface area (Å²) in [5.41, 5.74) is 0.660. The van der Waals surface area contributed by atoms with Gasteiger partial charge in [-0.05, 0) is 31.2 Å². The fourth-order valence-corrected chi connectivity index (χ4v) is 4.69. The maximum Gasteiger partial charge on any atom is 0.348 e. The Balaban J connectivity index is 1.53. The monoisotopic (exact) mass is 416 g/mol. The van der Waals surface area contributed by atoms with Crippen LogP contribution in [0.1, 0.15) is 32.7 Å². The van der Waals surface area contributed by atoms with E-state index in [2.05, 4.69) is 4.90 Å². The second-order valence-corrected chi connectivity index (χ2v) is 7.84. The van der Waals surface area contributed by atoms with Gasteiger partial charge in [0.25, 0.3) is 5.91 Å². The van der Waals surface area contributed by atoms with Crippen molar-refractivity contribution in [2.75, 3.05) is 32.8 Å². The van der Waals surface area contributed by atoms with Gasteiger partial charge in [0.05, 0.1) is 12.9 Å². The third-order valence-corrected chi connectivity index (χ3v) is 6.17. The van der Waals surface area contributed by atoms with E-state index in [0.717, 1.165) is 4.70 Å². The number of piperazine rings is 1. The molecule has 8 heteroatoms. The molecule has 152 valence electrons. The van der Waals surface area contributed by atoms with Gasteiger partial charge in [-0.15, -0.1) is 11.3 Å². The van der Waals surface area contributed by atoms with Gasteiger partial charge in [-0.25, -0.2) is 9.18 Å². The minimum atomic E-state index is -0.422. The molecule has 1 fully saturated rings. The van der Waals surface area contributed by atoms with E-state index in [4.69, 9.17) is 9.15 Å². The summed E-state index contributed by atoms with van der Waals surface area (Å²) in [6.45, 7) is 4.78. The number of rotatable bonds is 5. The second-order valence-electron chi connectivity index (χ2n) is 6.79. The zero-order valence-corrected chi connectivity index (χ0v) is 16.8. The minimum Gasteiger partial charge on any atom is -0.462 e. The average molecular weight is 416 g/mol. The van der Waals surface area contributed by atoms with E-state index in [1.54, 1.807) is 30.0 Å². The van der Waals surface area contributed by atoms with Crippen molar-refractivity contribution in [3.63, 3.8) is 0 Å². The van der Waals surface area contributed by atoms with Gasteiger partial charge >= 0.3 is 5.97 Å². The lowest BCUT2D eigenvalue weighted by Gasteiger charge is -2.34. The van der Waals surface area contributed by atoms with Crippen LogP contribution in [0.4, 0.5) is 4.39 Å². The van der Waals surface area contributed by atoms with E-state index in [-0.39, 0.29) is 18.3 Å². The van der Waals surface area contributed by atoms with Crippen LogP contribution in [0.5, 0.6) is 0 Å². The Kier molecular flexibility index (Phi) is 5.64. The molecule has 2 aromatic heterocycles. The van der Waals surface area contributed by atoms with E-state index < -0.39 is 5.97 Å². The first kappa shape index (κ1) is 19.6. The van der Waals surface area contributed by atoms with Crippen molar-refractivity contribution in [1.82, 2.24) is 9.80 Å². The molecule has 1 aliphatic rings. The quantitative estimate of drug-likeness (QED) is 0.593. The zero-order valence-electron chi connectivity index (χ0n) is 16.0. The first-order chi connectivity index (χ1) is 14.1. The highest BCUT2D eigenvalue weighted by Crippen LogP contribution is 2.35. The van der Waals surface area contributed by atoms with Gasteiger partial charge in [0.15, 0.2) is 5.76 Å². The Morgan fingerprint density at radius 1 is 1.17 bits per heavy atom. The molecule has 0 N–H and O–H groups in total. The zero-order chi connectivity index (χ0) is 20.4. The van der Waals surface area contributed by atoms with Gasteiger partial charge in [0, 0.05) is 48.4 Å². The molecule has 1 aromatic carbocycles. The normalized spacial score (nSPS) is 15.0. The van der Waals surface area contributed by atoms with Crippen LogP contribution in [0.3, 0.4) is 0 Å². The summed E-state index contributed by atoms with van der Waals surface area (Å²) in [6.07, 6.45) is 1.48. The summed E-state index contributed by atoms with van der Waals surface area (Å²) in [5, 5.41) is 0.481. The van der Waals surface area contributed by atoms with Gasteiger partial charge in [0.1, 0.15) is 10.7 Å². The van der Waals surface area contributed by atoms with Crippen LogP contribution in [0.2, 0.25) is 0 Å². The Hall–Kier alpha value is -2.71. The highest BCUT2D eigenvalue weighted by atomic mass is 32.1. The van der Waals surface area contributed by atoms with Crippen LogP contribution in [0, 0.1) is 5.82 Å². The number of hydrogen-bond acceptors (Lipinski definition) is 6. The Bertz CT molecular complexity index is 1020. The molecule has 0 spiro atoms. The molecule has 1 saturated heterocycles. The molecule has 0 radical (unpaired) electrons. The van der Waals surface area contributed by atoms with Crippen LogP contribution in [-0.4, -0.2) is 54.5 Å². The minimum absolute atomic E-state index is 0.131. The average Bonchev–Trinajstić information content (AvgIpc) is 3.37. The highest BCUT2D eigenvalue weighted by molar-refractivity contribution is 7.21. The molecule has 4 rings (SSSR count). The molecule has 6 nitrogen and oxygen atoms in total. The molecular formula is C21H21FN2O4S. The van der Waals surface area contributed by atoms with Gasteiger partial charge in [0.2, 0.25) is 0 Å². The lowest BCUT2D eigenvalue weighted by Crippen LogP contribution is -2.48. The number of halogens is 1. The van der Waals surface area contributed by atoms with Crippen LogP contribution >= 0.6 is 11.3 Å². The lowest BCUT2D eigenvalue weighted by molar-refractivity contribution is 0.0528. The van der Waals surface area contributed by atoms with Gasteiger partial charge in [-0.2, -0.15) is 0 Å². The van der Waals surface area contributed by atoms with Crippen molar-refractivity contribution in [2.24, 2.45) is 0 Å². The summed E-state index contributed by atoms with van der Waals surface area (Å²) >= 11 is 1.26. The molecule has 0 bridgehead atoms. The molecule has 3 heterocycles. The number of furan rings is 1. The number of thiophene rings is 1. The van der Waals surface area contributed by atoms with Crippen molar-refractivity contribution < 1.29 is 23.1 Å². The Morgan fingerprint density at radius 3 is 2.66 bits per heavy atom. The van der Waals surface area contributed by atoms with Crippen LogP contribution in [0.25, 0.3) is 10.1 Å². The molecule has 0 aliphatic carbocycles. The molecular weight excluding hydrogens is 395 g/mol. The fraction of sp³-hybridized carbons (Fsp3) is 0.333. The van der Waals surface area contributed by atoms with Crippen molar-refractivity contribution in [1.29, 1.82) is 0 Å². The Morgan fingerprint density at radius 2 is 1.97 bits per heavy atom. The molecule has 1 aliphatic heterocycles. The molecule has 0 atom stereocenters. The maximum absolute atomic E-state index is 14.6. The number of amides is 1. The topological polar surface area (TPSA) is 63.0 Å². The molecule has 3 aromatic rings. The van der Waals surface area contributed by atoms with Crippen LogP contribution < -0.4 is 0 Å². The number of carbonyl (C=O) groups excluding carboxylic acids is 2. The summed E-state index contributed by atoms with van der Waals surface area (Å²) in [6, 6.07) is 8.21. The first-order valence-electron chi connectivity index (χ1n) is 9.50. The van der Waals surface area contributed by atoms with Crippen molar-refractivity contribution in [3.8, 4) is 0 Å². The lowest BCUT2D eigenvalue weighted by atomic mass is 10.1. The second kappa shape index (κ2) is 8.34. The number of ether oxygens (including phenoxy) is 1. The first-order valence-corrected chi connectivity index (χ1v) is 10.3. The largest absolute Gasteiger partial charge is 0.462 e. The van der Waals surface area contributed by atoms with E-state index in [1.165, 1.54) is 23.7 Å². The highest BCUT2D eigenvalue weighted by Gasteiger charge is 2.27. The number of carbonyl (C=O) groups is 2. The van der Waals surface area contributed by atoms with Crippen molar-refractivity contribution >= 4 is 33.3 Å². The van der Waals surface area contributed by atoms with E-state index >= 15 is 0 Å². The third-order valence-electron chi connectivity index (χ3n) is 5.00. The number of hydrogen-bond donors (Lipinski definition) is 0. The predicted molar refractivity (Wildman–Crippen MR) is 108 cm³/mol. The number of fused-ring (bicyclic) bond motifs is 1. The van der Waals surface area contributed by atoms with E-state index in [0.29, 0.717) is 54.3 Å². The molecule has 1 amide bonds. The van der Waals surface area contributed by atoms with Gasteiger partial charge in [-0.3, -0.25) is 9.69 Å². The van der Waals surface area contributed by atoms with Crippen molar-refractivity contribution in [2.45, 2.75) is 13.5 Å². The van der Waals surface area contributed by atoms with Crippen molar-refractivity contribution in [3.05, 3.63) is 58.6 Å². The third kappa shape index (κ3) is 3.90. The fourth-order valence-electron chi connectivity index (χ4n) is 3.57. The molecule has 0 saturated carbocycles. The SMILES string of the molecule is CCOC(=O)c1sc2cccc(F)c2c1CN1CCN(C(=O)c2ccco2)CC1. The Labute approximate surface area is 171 Å². The number of nitrogens with zero attached hydrogens (tertiary/aromatic N) is 2. The molecule has 29 heavy (non-hydrogen) atoms. The number of benzene rings is 1. The number of esters is 1. The smallest absolute Gasteiger partial charge is 0.348 e. The van der Waals surface area contributed by atoms with Crippen LogP contribution in [0.15, 0.2) is 41.0 Å². The maximum atomic E-state index is 14.6. The van der Waals surface area contributed by atoms with Crippen LogP contribution in [-0.2, 0) is 11.3 Å². The van der Waals surface area contributed by atoms with E-state index in [1.807, 2.05) is 6.07 Å². The van der Waals surface area contributed by atoms with E-state index in [9.17, 15) is 14.0 Å². The molecule has 0 unspecified atom stereocenters. The standard InChI is InChI=1S/C21H21FN2O4S/c1-2-27-21(26)19-14(18-15(22)5-3-7-17(18)29-19)13-23-8-10-24(11-9-23)20(25)16-6-4-12-28-16/h3-7,12H,2,8-11,13H2,1H3. The summed E-state index contributed by atoms with van der Waals surface area (Å²) in [5.74, 6) is -0.562. The predicted octanol–water partition coefficient (Wildman–Crippen LogP) is 3.77. The van der Waals surface area contributed by atoms with Gasteiger partial charge < -0.3 is 14.1 Å². The summed E-state index contributed by atoms with van der Waals surface area (Å²) < 4.78 is 25.7. The summed E-state index contributed by atoms with van der Waals surface area (Å²) in [4.78, 5) is 29.2. The van der Waals surface area contributed by atoms with Gasteiger partial charge in [-0.1, -0.05) is 6.07 Å². The summed E-state index contributed by atoms with van der Waals surface area (Å²) in [7, 11) is 0.